The summed E-state index contributed by atoms with van der Waals surface area (Å²) in [6, 6.07) is 3.36. The van der Waals surface area contributed by atoms with E-state index < -0.39 is 15.9 Å². The summed E-state index contributed by atoms with van der Waals surface area (Å²) >= 11 is 0. The van der Waals surface area contributed by atoms with E-state index in [2.05, 4.69) is 6.92 Å². The van der Waals surface area contributed by atoms with Crippen LogP contribution in [0.25, 0.3) is 0 Å². The minimum absolute atomic E-state index is 0.0931. The number of unbranched alkanes of at least 4 members (excludes halogenated alkanes) is 15. The van der Waals surface area contributed by atoms with Crippen LogP contribution >= 0.6 is 0 Å². The van der Waals surface area contributed by atoms with Crippen LogP contribution in [0.1, 0.15) is 110 Å². The molecule has 0 bridgehead atoms. The quantitative estimate of drug-likeness (QED) is 0.136. The van der Waals surface area contributed by atoms with Gasteiger partial charge in [0.05, 0.1) is 6.61 Å². The third-order valence-electron chi connectivity index (χ3n) is 5.45. The second kappa shape index (κ2) is 16.4. The summed E-state index contributed by atoms with van der Waals surface area (Å²) < 4.78 is 29.1. The van der Waals surface area contributed by atoms with E-state index in [-0.39, 0.29) is 17.3 Å². The van der Waals surface area contributed by atoms with Crippen LogP contribution in [-0.4, -0.2) is 25.2 Å². The number of hydrogen-bond donors (Lipinski definition) is 2. The summed E-state index contributed by atoms with van der Waals surface area (Å²) in [5.41, 5.74) is 0. The second-order valence-corrected chi connectivity index (χ2v) is 9.82. The average molecular weight is 443 g/mol. The van der Waals surface area contributed by atoms with E-state index in [0.717, 1.165) is 25.0 Å². The first-order valence-corrected chi connectivity index (χ1v) is 13.3. The first-order chi connectivity index (χ1) is 14.5. The van der Waals surface area contributed by atoms with Gasteiger partial charge in [-0.2, -0.15) is 8.42 Å². The first kappa shape index (κ1) is 26.8. The Hall–Kier alpha value is -1.27. The molecule has 30 heavy (non-hydrogen) atoms. The molecule has 0 aromatic heterocycles. The Morgan fingerprint density at radius 3 is 1.60 bits per heavy atom. The zero-order valence-electron chi connectivity index (χ0n) is 18.8. The van der Waals surface area contributed by atoms with Crippen LogP contribution in [-0.2, 0) is 14.3 Å². The fourth-order valence-electron chi connectivity index (χ4n) is 3.59. The van der Waals surface area contributed by atoms with Gasteiger partial charge in [0.1, 0.15) is 16.4 Å². The standard InChI is InChI=1S/C24H42O5S/c1-2-3-4-5-6-7-8-9-10-11-12-13-14-15-16-17-20-29-30(27,28)24-21-22(25)18-19-23(24)26/h18-19,21,25-26H,2-17,20H2,1H3. The number of phenols is 2. The highest BCUT2D eigenvalue weighted by molar-refractivity contribution is 7.86. The van der Waals surface area contributed by atoms with E-state index in [4.69, 9.17) is 4.18 Å². The van der Waals surface area contributed by atoms with Crippen LogP contribution in [0.5, 0.6) is 11.5 Å². The van der Waals surface area contributed by atoms with Crippen LogP contribution in [0.3, 0.4) is 0 Å². The predicted molar refractivity (Wildman–Crippen MR) is 122 cm³/mol. The molecule has 0 aliphatic heterocycles. The van der Waals surface area contributed by atoms with Crippen molar-refractivity contribution in [2.75, 3.05) is 6.61 Å². The van der Waals surface area contributed by atoms with Crippen LogP contribution in [0.2, 0.25) is 0 Å². The van der Waals surface area contributed by atoms with Gasteiger partial charge in [0, 0.05) is 6.07 Å². The van der Waals surface area contributed by atoms with Crippen molar-refractivity contribution in [3.63, 3.8) is 0 Å². The van der Waals surface area contributed by atoms with Crippen molar-refractivity contribution >= 4 is 10.1 Å². The number of phenolic OH excluding ortho intramolecular Hbond substituents is 2. The third kappa shape index (κ3) is 12.4. The van der Waals surface area contributed by atoms with Crippen molar-refractivity contribution in [2.45, 2.75) is 115 Å². The fourth-order valence-corrected chi connectivity index (χ4v) is 4.64. The van der Waals surface area contributed by atoms with Crippen molar-refractivity contribution < 1.29 is 22.8 Å². The Morgan fingerprint density at radius 1 is 0.700 bits per heavy atom. The molecule has 0 spiro atoms. The summed E-state index contributed by atoms with van der Waals surface area (Å²) in [6.07, 6.45) is 20.1. The normalized spacial score (nSPS) is 11.8. The molecule has 0 radical (unpaired) electrons. The van der Waals surface area contributed by atoms with Crippen molar-refractivity contribution in [3.8, 4) is 11.5 Å². The van der Waals surface area contributed by atoms with E-state index in [1.165, 1.54) is 89.5 Å². The lowest BCUT2D eigenvalue weighted by Gasteiger charge is -2.08. The minimum Gasteiger partial charge on any atom is -0.508 e. The molecule has 2 N–H and O–H groups in total. The maximum atomic E-state index is 12.1. The number of hydrogen-bond acceptors (Lipinski definition) is 5. The smallest absolute Gasteiger partial charge is 0.300 e. The predicted octanol–water partition coefficient (Wildman–Crippen LogP) is 7.06. The molecule has 0 fully saturated rings. The van der Waals surface area contributed by atoms with Gasteiger partial charge in [-0.05, 0) is 18.6 Å². The van der Waals surface area contributed by atoms with Gasteiger partial charge in [0.2, 0.25) is 0 Å². The van der Waals surface area contributed by atoms with Crippen molar-refractivity contribution in [2.24, 2.45) is 0 Å². The number of benzene rings is 1. The van der Waals surface area contributed by atoms with Crippen LogP contribution in [0.4, 0.5) is 0 Å². The Kier molecular flexibility index (Phi) is 14.7. The van der Waals surface area contributed by atoms with Gasteiger partial charge in [0.25, 0.3) is 0 Å². The summed E-state index contributed by atoms with van der Waals surface area (Å²) in [7, 11) is -4.04. The Labute approximate surface area is 184 Å². The third-order valence-corrected chi connectivity index (χ3v) is 6.79. The van der Waals surface area contributed by atoms with Gasteiger partial charge in [0.15, 0.2) is 0 Å². The monoisotopic (exact) mass is 442 g/mol. The van der Waals surface area contributed by atoms with Gasteiger partial charge >= 0.3 is 10.1 Å². The average Bonchev–Trinajstić information content (AvgIpc) is 2.72. The molecular weight excluding hydrogens is 400 g/mol. The molecule has 0 atom stereocenters. The largest absolute Gasteiger partial charge is 0.508 e. The molecule has 1 rings (SSSR count). The van der Waals surface area contributed by atoms with Crippen LogP contribution in [0, 0.1) is 0 Å². The molecule has 0 amide bonds. The molecule has 0 saturated heterocycles. The SMILES string of the molecule is CCCCCCCCCCCCCCCCCCOS(=O)(=O)c1cc(O)ccc1O. The Balaban J connectivity index is 1.92. The van der Waals surface area contributed by atoms with E-state index in [1.807, 2.05) is 0 Å². The maximum absolute atomic E-state index is 12.1. The van der Waals surface area contributed by atoms with Gasteiger partial charge in [-0.1, -0.05) is 103 Å². The molecule has 1 aromatic rings. The summed E-state index contributed by atoms with van der Waals surface area (Å²) in [5.74, 6) is -0.642. The topological polar surface area (TPSA) is 83.8 Å². The molecule has 0 heterocycles. The molecule has 174 valence electrons. The molecular formula is C24H42O5S. The van der Waals surface area contributed by atoms with Crippen molar-refractivity contribution in [1.29, 1.82) is 0 Å². The second-order valence-electron chi connectivity index (χ2n) is 8.23. The van der Waals surface area contributed by atoms with Gasteiger partial charge in [-0.25, -0.2) is 0 Å². The van der Waals surface area contributed by atoms with E-state index in [9.17, 15) is 18.6 Å². The number of rotatable bonds is 19. The summed E-state index contributed by atoms with van der Waals surface area (Å²) in [6.45, 7) is 2.35. The van der Waals surface area contributed by atoms with E-state index >= 15 is 0 Å². The lowest BCUT2D eigenvalue weighted by atomic mass is 10.0. The van der Waals surface area contributed by atoms with E-state index in [1.54, 1.807) is 0 Å². The summed E-state index contributed by atoms with van der Waals surface area (Å²) in [4.78, 5) is -0.390. The molecule has 0 unspecified atom stereocenters. The Morgan fingerprint density at radius 2 is 1.13 bits per heavy atom. The summed E-state index contributed by atoms with van der Waals surface area (Å²) in [5, 5.41) is 19.0. The zero-order valence-corrected chi connectivity index (χ0v) is 19.6. The highest BCUT2D eigenvalue weighted by atomic mass is 32.2. The fraction of sp³-hybridized carbons (Fsp3) is 0.750. The molecule has 0 saturated carbocycles. The van der Waals surface area contributed by atoms with Crippen molar-refractivity contribution in [3.05, 3.63) is 18.2 Å². The Bertz CT molecular complexity index is 658. The van der Waals surface area contributed by atoms with E-state index in [0.29, 0.717) is 6.42 Å². The van der Waals surface area contributed by atoms with Crippen LogP contribution < -0.4 is 0 Å². The lowest BCUT2D eigenvalue weighted by Crippen LogP contribution is -2.08. The molecule has 5 nitrogen and oxygen atoms in total. The van der Waals surface area contributed by atoms with Gasteiger partial charge in [-0.15, -0.1) is 0 Å². The molecule has 6 heteroatoms. The maximum Gasteiger partial charge on any atom is 0.300 e. The number of aromatic hydroxyl groups is 2. The highest BCUT2D eigenvalue weighted by Gasteiger charge is 2.20. The molecule has 0 aliphatic carbocycles. The van der Waals surface area contributed by atoms with Crippen LogP contribution in [0.15, 0.2) is 23.1 Å². The zero-order chi connectivity index (χ0) is 22.1. The highest BCUT2D eigenvalue weighted by Crippen LogP contribution is 2.28. The molecule has 0 aliphatic rings. The minimum atomic E-state index is -4.04. The van der Waals surface area contributed by atoms with Crippen molar-refractivity contribution in [1.82, 2.24) is 0 Å². The molecule has 1 aromatic carbocycles. The van der Waals surface area contributed by atoms with Gasteiger partial charge in [-0.3, -0.25) is 4.18 Å². The lowest BCUT2D eigenvalue weighted by molar-refractivity contribution is 0.303. The van der Waals surface area contributed by atoms with Gasteiger partial charge < -0.3 is 10.2 Å². The first-order valence-electron chi connectivity index (χ1n) is 11.9.